The maximum absolute atomic E-state index is 14.5. The summed E-state index contributed by atoms with van der Waals surface area (Å²) in [7, 11) is 0. The van der Waals surface area contributed by atoms with Crippen LogP contribution in [0.4, 0.5) is 15.9 Å². The summed E-state index contributed by atoms with van der Waals surface area (Å²) in [6, 6.07) is 15.4. The molecule has 3 fully saturated rings. The number of aromatic nitrogens is 2. The molecule has 36 heavy (non-hydrogen) atoms. The van der Waals surface area contributed by atoms with Gasteiger partial charge in [0.1, 0.15) is 5.82 Å². The Balaban J connectivity index is 1.12. The minimum atomic E-state index is -0.110. The maximum atomic E-state index is 14.5. The number of nitrogens with one attached hydrogen (secondary N) is 2. The molecule has 0 radical (unpaired) electrons. The first-order valence-electron chi connectivity index (χ1n) is 13.7. The Morgan fingerprint density at radius 2 is 1.78 bits per heavy atom. The van der Waals surface area contributed by atoms with Crippen molar-refractivity contribution in [3.63, 3.8) is 0 Å². The minimum absolute atomic E-state index is 0.110. The lowest BCUT2D eigenvalue weighted by atomic mass is 10.0. The summed E-state index contributed by atoms with van der Waals surface area (Å²) >= 11 is 0. The van der Waals surface area contributed by atoms with E-state index >= 15 is 0 Å². The lowest BCUT2D eigenvalue weighted by Crippen LogP contribution is -2.43. The van der Waals surface area contributed by atoms with Gasteiger partial charge in [0.2, 0.25) is 0 Å². The standard InChI is InChI=1S/C30H38FN5/c1-20-6-5-9-28(31)29(20)35-16-14-24(15-17-35)33-21(2)27-19-36(25-12-13-25)34-30(27)32-18-23-7-3-4-8-26(23)22-10-11-22/h3-9,19,21-22,24-25,33H,10-18H2,1-2H3,(H,32,34). The van der Waals surface area contributed by atoms with Crippen LogP contribution in [0.3, 0.4) is 0 Å². The van der Waals surface area contributed by atoms with Gasteiger partial charge in [-0.15, -0.1) is 0 Å². The van der Waals surface area contributed by atoms with Crippen LogP contribution in [0.2, 0.25) is 0 Å². The van der Waals surface area contributed by atoms with E-state index in [0.717, 1.165) is 55.5 Å². The van der Waals surface area contributed by atoms with E-state index < -0.39 is 0 Å². The summed E-state index contributed by atoms with van der Waals surface area (Å²) in [5, 5.41) is 12.5. The number of aryl methyl sites for hydroxylation is 1. The van der Waals surface area contributed by atoms with E-state index in [1.165, 1.54) is 42.4 Å². The number of halogens is 1. The number of nitrogens with zero attached hydrogens (tertiary/aromatic N) is 3. The molecular formula is C30H38FN5. The third-order valence-electron chi connectivity index (χ3n) is 8.15. The monoisotopic (exact) mass is 487 g/mol. The maximum Gasteiger partial charge on any atom is 0.153 e. The zero-order valence-electron chi connectivity index (χ0n) is 21.5. The average molecular weight is 488 g/mol. The highest BCUT2D eigenvalue weighted by Gasteiger charge is 2.29. The molecule has 6 rings (SSSR count). The molecule has 3 aliphatic rings. The second-order valence-corrected chi connectivity index (χ2v) is 11.0. The summed E-state index contributed by atoms with van der Waals surface area (Å²) in [6.07, 6.45) is 9.34. The number of benzene rings is 2. The Kier molecular flexibility index (Phi) is 6.46. The van der Waals surface area contributed by atoms with Crippen LogP contribution in [-0.4, -0.2) is 28.9 Å². The van der Waals surface area contributed by atoms with Crippen LogP contribution in [0.15, 0.2) is 48.7 Å². The molecule has 6 heteroatoms. The van der Waals surface area contributed by atoms with Crippen molar-refractivity contribution in [2.45, 2.75) is 83.0 Å². The highest BCUT2D eigenvalue weighted by atomic mass is 19.1. The van der Waals surface area contributed by atoms with Crippen LogP contribution in [0.1, 0.15) is 85.7 Å². The smallest absolute Gasteiger partial charge is 0.153 e. The van der Waals surface area contributed by atoms with Crippen molar-refractivity contribution in [1.29, 1.82) is 0 Å². The molecular weight excluding hydrogens is 449 g/mol. The minimum Gasteiger partial charge on any atom is -0.369 e. The number of para-hydroxylation sites is 1. The molecule has 2 heterocycles. The van der Waals surface area contributed by atoms with E-state index in [2.05, 4.69) is 57.6 Å². The fourth-order valence-corrected chi connectivity index (χ4v) is 5.79. The Morgan fingerprint density at radius 3 is 2.50 bits per heavy atom. The summed E-state index contributed by atoms with van der Waals surface area (Å²) < 4.78 is 16.6. The van der Waals surface area contributed by atoms with Crippen molar-refractivity contribution < 1.29 is 4.39 Å². The van der Waals surface area contributed by atoms with Crippen molar-refractivity contribution in [1.82, 2.24) is 15.1 Å². The Morgan fingerprint density at radius 1 is 1.00 bits per heavy atom. The van der Waals surface area contributed by atoms with Gasteiger partial charge in [0.05, 0.1) is 11.7 Å². The van der Waals surface area contributed by atoms with Gasteiger partial charge in [-0.3, -0.25) is 4.68 Å². The number of hydrogen-bond acceptors (Lipinski definition) is 4. The van der Waals surface area contributed by atoms with Crippen LogP contribution in [0, 0.1) is 12.7 Å². The Bertz CT molecular complexity index is 1180. The van der Waals surface area contributed by atoms with Gasteiger partial charge in [0, 0.05) is 43.5 Å². The first-order valence-corrected chi connectivity index (χ1v) is 13.7. The van der Waals surface area contributed by atoms with Gasteiger partial charge in [-0.1, -0.05) is 36.4 Å². The molecule has 0 amide bonds. The van der Waals surface area contributed by atoms with E-state index in [1.54, 1.807) is 12.1 Å². The highest BCUT2D eigenvalue weighted by molar-refractivity contribution is 5.54. The van der Waals surface area contributed by atoms with E-state index in [9.17, 15) is 4.39 Å². The largest absolute Gasteiger partial charge is 0.369 e. The lowest BCUT2D eigenvalue weighted by Gasteiger charge is -2.36. The zero-order valence-corrected chi connectivity index (χ0v) is 21.5. The van der Waals surface area contributed by atoms with Crippen molar-refractivity contribution in [3.8, 4) is 0 Å². The Hall–Kier alpha value is -2.86. The van der Waals surface area contributed by atoms with Crippen LogP contribution >= 0.6 is 0 Å². The number of piperidine rings is 1. The first kappa shape index (κ1) is 23.5. The van der Waals surface area contributed by atoms with Gasteiger partial charge in [-0.25, -0.2) is 4.39 Å². The molecule has 2 saturated carbocycles. The van der Waals surface area contributed by atoms with Crippen LogP contribution in [0.25, 0.3) is 0 Å². The van der Waals surface area contributed by atoms with Gasteiger partial charge < -0.3 is 15.5 Å². The summed E-state index contributed by atoms with van der Waals surface area (Å²) in [4.78, 5) is 2.21. The van der Waals surface area contributed by atoms with Crippen molar-refractivity contribution >= 4 is 11.5 Å². The molecule has 1 aliphatic heterocycles. The molecule has 0 spiro atoms. The molecule has 3 aromatic rings. The Labute approximate surface area is 214 Å². The second-order valence-electron chi connectivity index (χ2n) is 11.0. The molecule has 1 unspecified atom stereocenters. The molecule has 190 valence electrons. The second kappa shape index (κ2) is 9.89. The summed E-state index contributed by atoms with van der Waals surface area (Å²) in [6.45, 7) is 6.81. The molecule has 2 aromatic carbocycles. The predicted octanol–water partition coefficient (Wildman–Crippen LogP) is 6.47. The molecule has 1 atom stereocenters. The van der Waals surface area contributed by atoms with Crippen molar-refractivity contribution in [2.24, 2.45) is 0 Å². The summed E-state index contributed by atoms with van der Waals surface area (Å²) in [5.74, 6) is 1.64. The number of anilines is 2. The number of rotatable bonds is 9. The van der Waals surface area contributed by atoms with Gasteiger partial charge in [0.15, 0.2) is 5.82 Å². The van der Waals surface area contributed by atoms with Gasteiger partial charge in [-0.05, 0) is 81.0 Å². The first-order chi connectivity index (χ1) is 17.6. The predicted molar refractivity (Wildman–Crippen MR) is 144 cm³/mol. The van der Waals surface area contributed by atoms with E-state index in [-0.39, 0.29) is 11.9 Å². The SMILES string of the molecule is Cc1cccc(F)c1N1CCC(NC(C)c2cn(C3CC3)nc2NCc2ccccc2C2CC2)CC1. The van der Waals surface area contributed by atoms with Gasteiger partial charge in [-0.2, -0.15) is 5.10 Å². The van der Waals surface area contributed by atoms with E-state index in [1.807, 2.05) is 13.0 Å². The lowest BCUT2D eigenvalue weighted by molar-refractivity contribution is 0.379. The third kappa shape index (κ3) is 5.01. The molecule has 0 bridgehead atoms. The molecule has 1 saturated heterocycles. The van der Waals surface area contributed by atoms with Crippen LogP contribution in [-0.2, 0) is 6.54 Å². The summed E-state index contributed by atoms with van der Waals surface area (Å²) in [5.41, 5.74) is 5.92. The van der Waals surface area contributed by atoms with Crippen LogP contribution in [0.5, 0.6) is 0 Å². The topological polar surface area (TPSA) is 45.1 Å². The van der Waals surface area contributed by atoms with E-state index in [0.29, 0.717) is 12.1 Å². The molecule has 2 N–H and O–H groups in total. The zero-order chi connectivity index (χ0) is 24.6. The normalized spacial score (nSPS) is 19.5. The molecule has 2 aliphatic carbocycles. The van der Waals surface area contributed by atoms with Gasteiger partial charge in [0.25, 0.3) is 0 Å². The number of hydrogen-bond donors (Lipinski definition) is 2. The molecule has 5 nitrogen and oxygen atoms in total. The average Bonchev–Trinajstić information content (AvgIpc) is 3.82. The highest BCUT2D eigenvalue weighted by Crippen LogP contribution is 2.42. The third-order valence-corrected chi connectivity index (χ3v) is 8.15. The van der Waals surface area contributed by atoms with Gasteiger partial charge >= 0.3 is 0 Å². The fourth-order valence-electron chi connectivity index (χ4n) is 5.79. The van der Waals surface area contributed by atoms with Crippen molar-refractivity contribution in [2.75, 3.05) is 23.3 Å². The van der Waals surface area contributed by atoms with E-state index in [4.69, 9.17) is 5.10 Å². The molecule has 1 aromatic heterocycles. The van der Waals surface area contributed by atoms with Crippen LogP contribution < -0.4 is 15.5 Å². The van der Waals surface area contributed by atoms with Crippen molar-refractivity contribution in [3.05, 3.63) is 76.7 Å². The fraction of sp³-hybridized carbons (Fsp3) is 0.500. The quantitative estimate of drug-likeness (QED) is 0.363.